The normalized spacial score (nSPS) is 19.2. The number of aromatic amines is 1. The van der Waals surface area contributed by atoms with Gasteiger partial charge in [-0.05, 0) is 43.9 Å². The number of carbonyl (C=O) groups is 2. The number of H-pyrrole nitrogens is 1. The summed E-state index contributed by atoms with van der Waals surface area (Å²) < 4.78 is 20.2. The molecule has 8 nitrogen and oxygen atoms in total. The second kappa shape index (κ2) is 8.62. The van der Waals surface area contributed by atoms with Crippen LogP contribution in [0.4, 0.5) is 4.39 Å². The van der Waals surface area contributed by atoms with Crippen molar-refractivity contribution in [3.63, 3.8) is 0 Å². The van der Waals surface area contributed by atoms with Crippen molar-refractivity contribution in [2.45, 2.75) is 46.6 Å². The van der Waals surface area contributed by atoms with Crippen molar-refractivity contribution < 1.29 is 18.7 Å². The summed E-state index contributed by atoms with van der Waals surface area (Å²) >= 11 is 0. The summed E-state index contributed by atoms with van der Waals surface area (Å²) in [5.41, 5.74) is 2.78. The molecule has 0 spiro atoms. The Labute approximate surface area is 203 Å². The average molecular weight is 480 g/mol. The molecule has 2 fully saturated rings. The number of benzene rings is 1. The van der Waals surface area contributed by atoms with Crippen LogP contribution in [0.25, 0.3) is 22.3 Å². The minimum atomic E-state index is -0.398. The van der Waals surface area contributed by atoms with E-state index in [2.05, 4.69) is 20.3 Å². The topological polar surface area (TPSA) is 100 Å². The summed E-state index contributed by atoms with van der Waals surface area (Å²) in [7, 11) is 0. The molecule has 2 N–H and O–H groups in total. The van der Waals surface area contributed by atoms with Gasteiger partial charge < -0.3 is 19.9 Å². The first kappa shape index (κ1) is 23.3. The first-order valence-corrected chi connectivity index (χ1v) is 12.0. The van der Waals surface area contributed by atoms with Crippen molar-refractivity contribution in [1.29, 1.82) is 0 Å². The maximum atomic E-state index is 14.2. The van der Waals surface area contributed by atoms with E-state index in [1.54, 1.807) is 17.9 Å². The van der Waals surface area contributed by atoms with E-state index in [9.17, 15) is 14.0 Å². The van der Waals surface area contributed by atoms with Gasteiger partial charge in [0.1, 0.15) is 29.1 Å². The fourth-order valence-electron chi connectivity index (χ4n) is 4.75. The fraction of sp³-hybridized carbons (Fsp3) is 0.462. The molecule has 0 bridgehead atoms. The molecule has 184 valence electrons. The van der Waals surface area contributed by atoms with Gasteiger partial charge in [-0.1, -0.05) is 13.8 Å². The molecular weight excluding hydrogens is 449 g/mol. The number of carbonyl (C=O) groups excluding carboxylic acids is 2. The Bertz CT molecular complexity index is 1310. The Balaban J connectivity index is 1.49. The maximum absolute atomic E-state index is 14.2. The Morgan fingerprint density at radius 1 is 1.29 bits per heavy atom. The highest BCUT2D eigenvalue weighted by Crippen LogP contribution is 2.37. The van der Waals surface area contributed by atoms with E-state index >= 15 is 0 Å². The van der Waals surface area contributed by atoms with Crippen LogP contribution >= 0.6 is 0 Å². The highest BCUT2D eigenvalue weighted by Gasteiger charge is 2.41. The lowest BCUT2D eigenvalue weighted by Gasteiger charge is -2.26. The number of aryl methyl sites for hydroxylation is 1. The molecule has 9 heteroatoms. The van der Waals surface area contributed by atoms with E-state index < -0.39 is 5.82 Å². The maximum Gasteiger partial charge on any atom is 0.255 e. The SMILES string of the molecule is CC(=O)N1CC(NC(=O)c2c(C)[nH]c3c(-c4cc(F)ccc4OCC4CC4)ncnc23)C(C)(C)C1. The Morgan fingerprint density at radius 3 is 2.74 bits per heavy atom. The lowest BCUT2D eigenvalue weighted by atomic mass is 9.87. The molecule has 5 rings (SSSR count). The summed E-state index contributed by atoms with van der Waals surface area (Å²) in [4.78, 5) is 39.1. The second-order valence-corrected chi connectivity index (χ2v) is 10.4. The Morgan fingerprint density at radius 2 is 2.06 bits per heavy atom. The van der Waals surface area contributed by atoms with Gasteiger partial charge in [0.25, 0.3) is 5.91 Å². The number of nitrogens with one attached hydrogen (secondary N) is 2. The summed E-state index contributed by atoms with van der Waals surface area (Å²) in [6.07, 6.45) is 3.67. The van der Waals surface area contributed by atoms with Crippen LogP contribution in [0, 0.1) is 24.1 Å². The van der Waals surface area contributed by atoms with Gasteiger partial charge in [0.15, 0.2) is 0 Å². The molecule has 1 unspecified atom stereocenters. The molecule has 2 amide bonds. The van der Waals surface area contributed by atoms with E-state index in [0.29, 0.717) is 64.9 Å². The van der Waals surface area contributed by atoms with Crippen molar-refractivity contribution >= 4 is 22.8 Å². The molecule has 2 aromatic heterocycles. The third kappa shape index (κ3) is 4.47. The van der Waals surface area contributed by atoms with Gasteiger partial charge in [0.05, 0.1) is 23.7 Å². The number of ether oxygens (including phenoxy) is 1. The molecule has 0 radical (unpaired) electrons. The van der Waals surface area contributed by atoms with Crippen LogP contribution in [0.3, 0.4) is 0 Å². The molecule has 1 aliphatic carbocycles. The molecule has 1 atom stereocenters. The number of hydrogen-bond donors (Lipinski definition) is 2. The van der Waals surface area contributed by atoms with E-state index in [4.69, 9.17) is 4.74 Å². The number of nitrogens with zero attached hydrogens (tertiary/aromatic N) is 3. The van der Waals surface area contributed by atoms with Crippen LogP contribution in [-0.2, 0) is 4.79 Å². The molecule has 35 heavy (non-hydrogen) atoms. The third-order valence-corrected chi connectivity index (χ3v) is 7.06. The first-order valence-electron chi connectivity index (χ1n) is 12.0. The van der Waals surface area contributed by atoms with Crippen molar-refractivity contribution in [1.82, 2.24) is 25.2 Å². The zero-order valence-electron chi connectivity index (χ0n) is 20.4. The van der Waals surface area contributed by atoms with Gasteiger partial charge in [0, 0.05) is 36.7 Å². The molecule has 2 aliphatic rings. The quantitative estimate of drug-likeness (QED) is 0.559. The van der Waals surface area contributed by atoms with Gasteiger partial charge in [-0.25, -0.2) is 14.4 Å². The smallest absolute Gasteiger partial charge is 0.255 e. The van der Waals surface area contributed by atoms with Crippen molar-refractivity contribution in [2.75, 3.05) is 19.7 Å². The first-order chi connectivity index (χ1) is 16.6. The number of aromatic nitrogens is 3. The van der Waals surface area contributed by atoms with Gasteiger partial charge in [-0.2, -0.15) is 0 Å². The van der Waals surface area contributed by atoms with E-state index in [-0.39, 0.29) is 23.3 Å². The fourth-order valence-corrected chi connectivity index (χ4v) is 4.75. The summed E-state index contributed by atoms with van der Waals surface area (Å²) in [5, 5.41) is 3.11. The highest BCUT2D eigenvalue weighted by atomic mass is 19.1. The third-order valence-electron chi connectivity index (χ3n) is 7.06. The molecule has 3 heterocycles. The lowest BCUT2D eigenvalue weighted by Crippen LogP contribution is -2.44. The highest BCUT2D eigenvalue weighted by molar-refractivity contribution is 6.09. The molecular formula is C26H30FN5O3. The molecule has 1 aromatic carbocycles. The van der Waals surface area contributed by atoms with E-state index in [0.717, 1.165) is 12.8 Å². The number of likely N-dealkylation sites (tertiary alicyclic amines) is 1. The Hall–Kier alpha value is -3.49. The predicted octanol–water partition coefficient (Wildman–Crippen LogP) is 3.85. The van der Waals surface area contributed by atoms with E-state index in [1.807, 2.05) is 13.8 Å². The number of hydrogen-bond acceptors (Lipinski definition) is 5. The van der Waals surface area contributed by atoms with Crippen LogP contribution in [0.5, 0.6) is 5.75 Å². The van der Waals surface area contributed by atoms with Crippen LogP contribution in [-0.4, -0.2) is 57.4 Å². The molecule has 1 aliphatic heterocycles. The van der Waals surface area contributed by atoms with Gasteiger partial charge >= 0.3 is 0 Å². The summed E-state index contributed by atoms with van der Waals surface area (Å²) in [6, 6.07) is 4.19. The number of rotatable bonds is 6. The van der Waals surface area contributed by atoms with Crippen LogP contribution in [0.1, 0.15) is 49.7 Å². The summed E-state index contributed by atoms with van der Waals surface area (Å²) in [5.74, 6) is 0.413. The van der Waals surface area contributed by atoms with Gasteiger partial charge in [-0.3, -0.25) is 9.59 Å². The molecule has 3 aromatic rings. The van der Waals surface area contributed by atoms with Crippen LogP contribution in [0.2, 0.25) is 0 Å². The van der Waals surface area contributed by atoms with E-state index in [1.165, 1.54) is 25.4 Å². The average Bonchev–Trinajstić information content (AvgIpc) is 3.49. The number of amides is 2. The monoisotopic (exact) mass is 479 g/mol. The minimum Gasteiger partial charge on any atom is -0.493 e. The standard InChI is InChI=1S/C26H30FN5O3/c1-14-21(25(34)31-20-10-32(15(2)33)12-26(20,3)4)23-24(30-14)22(28-13-29-23)18-9-17(27)7-8-19(18)35-11-16-5-6-16/h7-9,13,16,20,30H,5-6,10-12H2,1-4H3,(H,31,34). The van der Waals surface area contributed by atoms with Crippen molar-refractivity contribution in [2.24, 2.45) is 11.3 Å². The molecule has 1 saturated carbocycles. The molecule has 1 saturated heterocycles. The van der Waals surface area contributed by atoms with Crippen LogP contribution in [0.15, 0.2) is 24.5 Å². The van der Waals surface area contributed by atoms with Gasteiger partial charge in [-0.15, -0.1) is 0 Å². The summed E-state index contributed by atoms with van der Waals surface area (Å²) in [6.45, 7) is 9.04. The largest absolute Gasteiger partial charge is 0.493 e. The van der Waals surface area contributed by atoms with Crippen molar-refractivity contribution in [3.05, 3.63) is 41.6 Å². The second-order valence-electron chi connectivity index (χ2n) is 10.4. The van der Waals surface area contributed by atoms with Crippen molar-refractivity contribution in [3.8, 4) is 17.0 Å². The number of halogens is 1. The zero-order chi connectivity index (χ0) is 24.9. The predicted molar refractivity (Wildman–Crippen MR) is 130 cm³/mol. The zero-order valence-corrected chi connectivity index (χ0v) is 20.4. The Kier molecular flexibility index (Phi) is 5.73. The van der Waals surface area contributed by atoms with Gasteiger partial charge in [0.2, 0.25) is 5.91 Å². The number of fused-ring (bicyclic) bond motifs is 1. The lowest BCUT2D eigenvalue weighted by molar-refractivity contribution is -0.128. The van der Waals surface area contributed by atoms with Crippen LogP contribution < -0.4 is 10.1 Å². The minimum absolute atomic E-state index is 0.00900.